The standard InChI is InChI=1S/C22H25N3O4S/c1-4-29-21(27)17-18(19-14(2)10-13-30-19)25-16-9-6-5-8-15(16)23-22(25)24(20(17)26)11-7-12-28-3/h5-6,8-10,13,17-18H,4,7,11-12H2,1-3H3/t17-,18-/m1/s1. The second-order valence-electron chi connectivity index (χ2n) is 7.25. The Kier molecular flexibility index (Phi) is 5.87. The summed E-state index contributed by atoms with van der Waals surface area (Å²) in [5, 5.41) is 1.99. The summed E-state index contributed by atoms with van der Waals surface area (Å²) in [5.74, 6) is -1.17. The van der Waals surface area contributed by atoms with E-state index in [1.54, 1.807) is 30.3 Å². The number of anilines is 1. The lowest BCUT2D eigenvalue weighted by Crippen LogP contribution is -2.50. The molecule has 1 aromatic carbocycles. The number of aryl methyl sites for hydroxylation is 1. The van der Waals surface area contributed by atoms with Gasteiger partial charge in [-0.25, -0.2) is 4.98 Å². The lowest BCUT2D eigenvalue weighted by atomic mass is 9.92. The van der Waals surface area contributed by atoms with E-state index < -0.39 is 17.9 Å². The predicted molar refractivity (Wildman–Crippen MR) is 116 cm³/mol. The average molecular weight is 428 g/mol. The van der Waals surface area contributed by atoms with Crippen molar-refractivity contribution in [3.8, 4) is 0 Å². The first-order chi connectivity index (χ1) is 14.6. The van der Waals surface area contributed by atoms with Gasteiger partial charge in [0.1, 0.15) is 0 Å². The number of carbonyl (C=O) groups is 2. The summed E-state index contributed by atoms with van der Waals surface area (Å²) in [5.41, 5.74) is 2.73. The molecule has 0 N–H and O–H groups in total. The highest BCUT2D eigenvalue weighted by Gasteiger charge is 2.48. The van der Waals surface area contributed by atoms with Crippen LogP contribution in [0.5, 0.6) is 0 Å². The number of hydrogen-bond donors (Lipinski definition) is 0. The first kappa shape index (κ1) is 20.6. The summed E-state index contributed by atoms with van der Waals surface area (Å²) in [7, 11) is 1.63. The van der Waals surface area contributed by atoms with Gasteiger partial charge in [0.15, 0.2) is 5.92 Å². The second-order valence-corrected chi connectivity index (χ2v) is 8.20. The number of carbonyl (C=O) groups excluding carboxylic acids is 2. The van der Waals surface area contributed by atoms with Crippen LogP contribution in [0.25, 0.3) is 11.0 Å². The zero-order valence-corrected chi connectivity index (χ0v) is 18.1. The van der Waals surface area contributed by atoms with Gasteiger partial charge in [-0.05, 0) is 49.4 Å². The van der Waals surface area contributed by atoms with Gasteiger partial charge in [0.2, 0.25) is 11.9 Å². The van der Waals surface area contributed by atoms with Crippen molar-refractivity contribution in [1.29, 1.82) is 0 Å². The number of para-hydroxylation sites is 2. The number of benzene rings is 1. The normalized spacial score (nSPS) is 18.6. The van der Waals surface area contributed by atoms with Crippen molar-refractivity contribution in [2.45, 2.75) is 26.3 Å². The van der Waals surface area contributed by atoms with E-state index in [9.17, 15) is 9.59 Å². The number of fused-ring (bicyclic) bond motifs is 3. The summed E-state index contributed by atoms with van der Waals surface area (Å²) < 4.78 is 12.6. The maximum Gasteiger partial charge on any atom is 0.321 e. The molecule has 0 saturated carbocycles. The first-order valence-corrected chi connectivity index (χ1v) is 10.9. The molecule has 4 rings (SSSR count). The van der Waals surface area contributed by atoms with Crippen LogP contribution in [0.15, 0.2) is 35.7 Å². The topological polar surface area (TPSA) is 73.7 Å². The summed E-state index contributed by atoms with van der Waals surface area (Å²) in [6, 6.07) is 9.30. The van der Waals surface area contributed by atoms with Crippen molar-refractivity contribution in [3.63, 3.8) is 0 Å². The largest absolute Gasteiger partial charge is 0.465 e. The number of nitrogens with zero attached hydrogens (tertiary/aromatic N) is 3. The maximum absolute atomic E-state index is 13.6. The minimum Gasteiger partial charge on any atom is -0.465 e. The quantitative estimate of drug-likeness (QED) is 0.327. The van der Waals surface area contributed by atoms with E-state index >= 15 is 0 Å². The van der Waals surface area contributed by atoms with E-state index in [-0.39, 0.29) is 12.5 Å². The molecule has 8 heteroatoms. The van der Waals surface area contributed by atoms with Gasteiger partial charge in [-0.1, -0.05) is 12.1 Å². The van der Waals surface area contributed by atoms with Crippen LogP contribution in [0.4, 0.5) is 5.95 Å². The molecule has 3 heterocycles. The molecule has 1 aliphatic rings. The molecule has 158 valence electrons. The number of imidazole rings is 1. The minimum absolute atomic E-state index is 0.222. The van der Waals surface area contributed by atoms with Crippen molar-refractivity contribution in [2.24, 2.45) is 5.92 Å². The van der Waals surface area contributed by atoms with E-state index in [1.165, 1.54) is 0 Å². The van der Waals surface area contributed by atoms with Crippen molar-refractivity contribution < 1.29 is 19.1 Å². The highest BCUT2D eigenvalue weighted by molar-refractivity contribution is 7.10. The molecular weight excluding hydrogens is 402 g/mol. The van der Waals surface area contributed by atoms with Crippen molar-refractivity contribution in [1.82, 2.24) is 9.55 Å². The van der Waals surface area contributed by atoms with Crippen LogP contribution < -0.4 is 4.90 Å². The molecule has 3 aromatic rings. The molecule has 0 radical (unpaired) electrons. The molecule has 1 amide bonds. The Labute approximate surface area is 179 Å². The van der Waals surface area contributed by atoms with Crippen LogP contribution in [-0.2, 0) is 19.1 Å². The average Bonchev–Trinajstić information content (AvgIpc) is 3.33. The molecule has 7 nitrogen and oxygen atoms in total. The molecule has 30 heavy (non-hydrogen) atoms. The van der Waals surface area contributed by atoms with Gasteiger partial charge in [-0.3, -0.25) is 19.1 Å². The number of ether oxygens (including phenoxy) is 2. The van der Waals surface area contributed by atoms with E-state index in [0.717, 1.165) is 21.5 Å². The lowest BCUT2D eigenvalue weighted by molar-refractivity contribution is -0.153. The van der Waals surface area contributed by atoms with Gasteiger partial charge in [-0.15, -0.1) is 11.3 Å². The third-order valence-corrected chi connectivity index (χ3v) is 6.48. The highest BCUT2D eigenvalue weighted by Crippen LogP contribution is 2.43. The molecule has 0 bridgehead atoms. The zero-order chi connectivity index (χ0) is 21.3. The Morgan fingerprint density at radius 1 is 1.27 bits per heavy atom. The molecule has 0 saturated heterocycles. The molecule has 0 aliphatic carbocycles. The summed E-state index contributed by atoms with van der Waals surface area (Å²) in [6.45, 7) is 4.91. The Morgan fingerprint density at radius 3 is 2.77 bits per heavy atom. The molecular formula is C22H25N3O4S. The first-order valence-electron chi connectivity index (χ1n) is 10.1. The number of amides is 1. The van der Waals surface area contributed by atoms with Gasteiger partial charge in [0, 0.05) is 25.1 Å². The number of thiophene rings is 1. The number of esters is 1. The minimum atomic E-state index is -0.963. The van der Waals surface area contributed by atoms with Gasteiger partial charge in [-0.2, -0.15) is 0 Å². The zero-order valence-electron chi connectivity index (χ0n) is 17.3. The fourth-order valence-electron chi connectivity index (χ4n) is 4.04. The fraction of sp³-hybridized carbons (Fsp3) is 0.409. The summed E-state index contributed by atoms with van der Waals surface area (Å²) >= 11 is 1.55. The van der Waals surface area contributed by atoms with E-state index in [1.807, 2.05) is 47.2 Å². The predicted octanol–water partition coefficient (Wildman–Crippen LogP) is 3.56. The summed E-state index contributed by atoms with van der Waals surface area (Å²) in [6.07, 6.45) is 0.643. The molecule has 0 spiro atoms. The number of aromatic nitrogens is 2. The maximum atomic E-state index is 13.6. The van der Waals surface area contributed by atoms with Gasteiger partial charge in [0.25, 0.3) is 0 Å². The van der Waals surface area contributed by atoms with Crippen LogP contribution in [0.2, 0.25) is 0 Å². The van der Waals surface area contributed by atoms with Crippen LogP contribution >= 0.6 is 11.3 Å². The van der Waals surface area contributed by atoms with Crippen LogP contribution in [0, 0.1) is 12.8 Å². The fourth-order valence-corrected chi connectivity index (χ4v) is 5.10. The Bertz CT molecular complexity index is 1070. The van der Waals surface area contributed by atoms with E-state index in [0.29, 0.717) is 25.5 Å². The Morgan fingerprint density at radius 2 is 2.07 bits per heavy atom. The van der Waals surface area contributed by atoms with Crippen molar-refractivity contribution in [3.05, 3.63) is 46.2 Å². The molecule has 2 atom stereocenters. The van der Waals surface area contributed by atoms with Crippen molar-refractivity contribution >= 4 is 40.2 Å². The second kappa shape index (κ2) is 8.57. The van der Waals surface area contributed by atoms with E-state index in [4.69, 9.17) is 14.5 Å². The number of methoxy groups -OCH3 is 1. The van der Waals surface area contributed by atoms with Gasteiger partial charge >= 0.3 is 5.97 Å². The Balaban J connectivity index is 1.94. The molecule has 2 aromatic heterocycles. The SMILES string of the molecule is CCOC(=O)[C@H]1C(=O)N(CCCOC)c2nc3ccccc3n2[C@H]1c1sccc1C. The lowest BCUT2D eigenvalue weighted by Gasteiger charge is -2.37. The number of hydrogen-bond acceptors (Lipinski definition) is 6. The number of rotatable bonds is 7. The van der Waals surface area contributed by atoms with Crippen LogP contribution in [0.3, 0.4) is 0 Å². The third-order valence-electron chi connectivity index (χ3n) is 5.39. The molecule has 1 aliphatic heterocycles. The summed E-state index contributed by atoms with van der Waals surface area (Å²) in [4.78, 5) is 34.0. The van der Waals surface area contributed by atoms with Gasteiger partial charge in [0.05, 0.1) is 23.7 Å². The molecule has 0 fully saturated rings. The van der Waals surface area contributed by atoms with Crippen LogP contribution in [-0.4, -0.2) is 48.3 Å². The van der Waals surface area contributed by atoms with Crippen LogP contribution in [0.1, 0.15) is 29.8 Å². The smallest absolute Gasteiger partial charge is 0.321 e. The third kappa shape index (κ3) is 3.40. The van der Waals surface area contributed by atoms with Gasteiger partial charge < -0.3 is 9.47 Å². The van der Waals surface area contributed by atoms with E-state index in [2.05, 4.69) is 0 Å². The monoisotopic (exact) mass is 427 g/mol. The Hall–Kier alpha value is -2.71. The highest BCUT2D eigenvalue weighted by atomic mass is 32.1. The molecule has 0 unspecified atom stereocenters. The van der Waals surface area contributed by atoms with Crippen molar-refractivity contribution in [2.75, 3.05) is 31.8 Å².